The van der Waals surface area contributed by atoms with Gasteiger partial charge in [0.1, 0.15) is 0 Å². The maximum Gasteiger partial charge on any atom is 0.232 e. The number of carbonyl (C=O) groups excluding carboxylic acids is 2. The van der Waals surface area contributed by atoms with Crippen molar-refractivity contribution in [3.05, 3.63) is 63.3 Å². The number of fused-ring (bicyclic) bond motifs is 1. The van der Waals surface area contributed by atoms with E-state index in [1.807, 2.05) is 32.0 Å². The topological polar surface area (TPSA) is 55.8 Å². The number of benzene rings is 2. The van der Waals surface area contributed by atoms with Crippen LogP contribution in [0.2, 0.25) is 10.0 Å². The Morgan fingerprint density at radius 1 is 0.968 bits per heavy atom. The number of ether oxygens (including phenoxy) is 2. The van der Waals surface area contributed by atoms with E-state index in [-0.39, 0.29) is 36.2 Å². The van der Waals surface area contributed by atoms with Crippen LogP contribution in [-0.4, -0.2) is 18.5 Å². The molecular weight excluding hydrogens is 437 g/mol. The highest BCUT2D eigenvalue weighted by atomic mass is 35.5. The maximum absolute atomic E-state index is 13.4. The normalized spacial score (nSPS) is 22.1. The Morgan fingerprint density at radius 3 is 2.42 bits per heavy atom. The summed E-state index contributed by atoms with van der Waals surface area (Å²) in [4.78, 5) is 28.5. The number of hydrogen-bond donors (Lipinski definition) is 0. The molecule has 0 N–H and O–H groups in total. The van der Waals surface area contributed by atoms with Crippen molar-refractivity contribution in [2.24, 2.45) is 5.41 Å². The number of nitrogens with zero attached hydrogens (tertiary/aromatic N) is 1. The summed E-state index contributed by atoms with van der Waals surface area (Å²) in [5.74, 6) is 0.961. The van der Waals surface area contributed by atoms with Crippen LogP contribution in [0.25, 0.3) is 0 Å². The van der Waals surface area contributed by atoms with Gasteiger partial charge >= 0.3 is 0 Å². The Morgan fingerprint density at radius 2 is 1.68 bits per heavy atom. The molecule has 0 bridgehead atoms. The lowest BCUT2D eigenvalue weighted by Gasteiger charge is -2.43. The highest BCUT2D eigenvalue weighted by Gasteiger charge is 2.44. The van der Waals surface area contributed by atoms with Crippen LogP contribution in [-0.2, 0) is 9.59 Å². The first-order valence-corrected chi connectivity index (χ1v) is 10.9. The van der Waals surface area contributed by atoms with Gasteiger partial charge in [-0.15, -0.1) is 0 Å². The number of Topliss-reactive ketones (excluding diaryl/α,β-unsaturated/α-hetero) is 1. The van der Waals surface area contributed by atoms with Crippen molar-refractivity contribution in [3.63, 3.8) is 0 Å². The van der Waals surface area contributed by atoms with Crippen LogP contribution in [0.5, 0.6) is 11.5 Å². The van der Waals surface area contributed by atoms with Crippen molar-refractivity contribution in [2.75, 3.05) is 11.7 Å². The van der Waals surface area contributed by atoms with Gasteiger partial charge in [0, 0.05) is 40.1 Å². The van der Waals surface area contributed by atoms with Crippen molar-refractivity contribution in [2.45, 2.75) is 39.0 Å². The summed E-state index contributed by atoms with van der Waals surface area (Å²) in [6, 6.07) is 10.7. The minimum atomic E-state index is -0.327. The van der Waals surface area contributed by atoms with E-state index in [1.165, 1.54) is 0 Å². The molecule has 1 atom stereocenters. The molecule has 3 aliphatic rings. The highest BCUT2D eigenvalue weighted by molar-refractivity contribution is 6.35. The Hall–Kier alpha value is -2.50. The summed E-state index contributed by atoms with van der Waals surface area (Å²) in [7, 11) is 0. The largest absolute Gasteiger partial charge is 0.454 e. The summed E-state index contributed by atoms with van der Waals surface area (Å²) in [5.41, 5.74) is 2.63. The predicted octanol–water partition coefficient (Wildman–Crippen LogP) is 5.89. The molecule has 0 aromatic heterocycles. The van der Waals surface area contributed by atoms with Crippen molar-refractivity contribution in [1.82, 2.24) is 0 Å². The molecule has 2 aromatic carbocycles. The number of halogens is 2. The Labute approximate surface area is 190 Å². The minimum absolute atomic E-state index is 0.0690. The molecule has 1 unspecified atom stereocenters. The van der Waals surface area contributed by atoms with E-state index in [0.29, 0.717) is 45.6 Å². The van der Waals surface area contributed by atoms with E-state index in [9.17, 15) is 9.59 Å². The van der Waals surface area contributed by atoms with E-state index >= 15 is 0 Å². The zero-order valence-corrected chi connectivity index (χ0v) is 18.7. The number of amides is 1. The average Bonchev–Trinajstić information content (AvgIpc) is 3.13. The zero-order chi connectivity index (χ0) is 21.9. The second kappa shape index (κ2) is 7.28. The van der Waals surface area contributed by atoms with E-state index < -0.39 is 0 Å². The second-order valence-corrected chi connectivity index (χ2v) is 9.90. The molecule has 5 nitrogen and oxygen atoms in total. The molecule has 5 rings (SSSR count). The van der Waals surface area contributed by atoms with Crippen molar-refractivity contribution >= 4 is 40.6 Å². The van der Waals surface area contributed by atoms with Crippen LogP contribution < -0.4 is 14.4 Å². The molecule has 1 amide bonds. The molecule has 0 radical (unpaired) electrons. The third kappa shape index (κ3) is 3.60. The van der Waals surface area contributed by atoms with Gasteiger partial charge in [-0.1, -0.05) is 43.1 Å². The fourth-order valence-corrected chi connectivity index (χ4v) is 5.31. The summed E-state index contributed by atoms with van der Waals surface area (Å²) >= 11 is 12.4. The fourth-order valence-electron chi connectivity index (χ4n) is 4.80. The summed E-state index contributed by atoms with van der Waals surface area (Å²) in [5, 5.41) is 0.883. The van der Waals surface area contributed by atoms with Gasteiger partial charge in [-0.3, -0.25) is 14.5 Å². The van der Waals surface area contributed by atoms with Gasteiger partial charge in [0.25, 0.3) is 0 Å². The third-order valence-electron chi connectivity index (χ3n) is 6.05. The van der Waals surface area contributed by atoms with Gasteiger partial charge in [0.2, 0.25) is 12.7 Å². The molecule has 7 heteroatoms. The molecule has 2 aliphatic heterocycles. The number of hydrogen-bond acceptors (Lipinski definition) is 4. The first-order chi connectivity index (χ1) is 14.7. The van der Waals surface area contributed by atoms with Crippen LogP contribution in [0.3, 0.4) is 0 Å². The van der Waals surface area contributed by atoms with E-state index in [1.54, 1.807) is 23.1 Å². The van der Waals surface area contributed by atoms with Crippen LogP contribution in [0, 0.1) is 5.41 Å². The monoisotopic (exact) mass is 457 g/mol. The first-order valence-electron chi connectivity index (χ1n) is 10.2. The van der Waals surface area contributed by atoms with Crippen molar-refractivity contribution < 1.29 is 19.1 Å². The van der Waals surface area contributed by atoms with Crippen LogP contribution in [0.15, 0.2) is 47.7 Å². The number of rotatable bonds is 2. The summed E-state index contributed by atoms with van der Waals surface area (Å²) in [6.45, 7) is 4.27. The number of allylic oxidation sites excluding steroid dienone is 2. The molecule has 2 heterocycles. The lowest BCUT2D eigenvalue weighted by atomic mass is 9.69. The summed E-state index contributed by atoms with van der Waals surface area (Å²) < 4.78 is 10.9. The Bertz CT molecular complexity index is 1130. The molecule has 0 spiro atoms. The second-order valence-electron chi connectivity index (χ2n) is 9.03. The lowest BCUT2D eigenvalue weighted by molar-refractivity contribution is -0.121. The lowest BCUT2D eigenvalue weighted by Crippen LogP contribution is -2.43. The Balaban J connectivity index is 1.68. The molecule has 2 aromatic rings. The highest BCUT2D eigenvalue weighted by Crippen LogP contribution is 2.49. The van der Waals surface area contributed by atoms with E-state index in [4.69, 9.17) is 32.7 Å². The van der Waals surface area contributed by atoms with Crippen molar-refractivity contribution in [3.8, 4) is 11.5 Å². The molecule has 0 fully saturated rings. The average molecular weight is 458 g/mol. The van der Waals surface area contributed by atoms with E-state index in [2.05, 4.69) is 0 Å². The standard InChI is InChI=1S/C24H21Cl2NO4/c1-24(2)10-18-23(19(28)11-24)17(13-3-4-20-21(5-13)31-12-30-20)9-22(29)27(18)16-7-14(25)6-15(26)8-16/h3-8,17H,9-12H2,1-2H3. The van der Waals surface area contributed by atoms with Gasteiger partial charge in [0.15, 0.2) is 17.3 Å². The van der Waals surface area contributed by atoms with Gasteiger partial charge in [-0.05, 0) is 47.7 Å². The third-order valence-corrected chi connectivity index (χ3v) is 6.48. The quantitative estimate of drug-likeness (QED) is 0.564. The SMILES string of the molecule is CC1(C)CC(=O)C2=C(C1)N(c1cc(Cl)cc(Cl)c1)C(=O)CC2c1ccc2c(c1)OCO2. The Kier molecular flexibility index (Phi) is 4.79. The molecule has 0 saturated heterocycles. The number of carbonyl (C=O) groups is 2. The first kappa shape index (κ1) is 20.4. The van der Waals surface area contributed by atoms with Crippen molar-refractivity contribution in [1.29, 1.82) is 0 Å². The van der Waals surface area contributed by atoms with Gasteiger partial charge in [-0.2, -0.15) is 0 Å². The summed E-state index contributed by atoms with van der Waals surface area (Å²) in [6.07, 6.45) is 1.21. The molecule has 0 saturated carbocycles. The molecular formula is C24H21Cl2NO4. The fraction of sp³-hybridized carbons (Fsp3) is 0.333. The van der Waals surface area contributed by atoms with Gasteiger partial charge in [-0.25, -0.2) is 0 Å². The van der Waals surface area contributed by atoms with Gasteiger partial charge < -0.3 is 9.47 Å². The van der Waals surface area contributed by atoms with E-state index in [0.717, 1.165) is 11.3 Å². The maximum atomic E-state index is 13.4. The smallest absolute Gasteiger partial charge is 0.232 e. The molecule has 1 aliphatic carbocycles. The van der Waals surface area contributed by atoms with Crippen LogP contribution >= 0.6 is 23.2 Å². The van der Waals surface area contributed by atoms with Gasteiger partial charge in [0.05, 0.1) is 5.69 Å². The van der Waals surface area contributed by atoms with Crippen LogP contribution in [0.1, 0.15) is 44.6 Å². The predicted molar refractivity (Wildman–Crippen MR) is 119 cm³/mol. The molecule has 160 valence electrons. The number of anilines is 1. The number of ketones is 1. The molecule has 31 heavy (non-hydrogen) atoms. The zero-order valence-electron chi connectivity index (χ0n) is 17.2. The minimum Gasteiger partial charge on any atom is -0.454 e. The van der Waals surface area contributed by atoms with Crippen LogP contribution in [0.4, 0.5) is 5.69 Å².